The number of alkyl halides is 2. The van der Waals surface area contributed by atoms with E-state index in [2.05, 4.69) is 16.4 Å². The van der Waals surface area contributed by atoms with E-state index < -0.39 is 41.6 Å². The molecule has 0 N–H and O–H groups in total. The van der Waals surface area contributed by atoms with Crippen molar-refractivity contribution in [2.24, 2.45) is 17.8 Å². The lowest BCUT2D eigenvalue weighted by Crippen LogP contribution is -2.49. The Morgan fingerprint density at radius 2 is 1.62 bits per heavy atom. The van der Waals surface area contributed by atoms with Crippen molar-refractivity contribution in [3.05, 3.63) is 36.1 Å². The van der Waals surface area contributed by atoms with Gasteiger partial charge in [-0.15, -0.1) is 0 Å². The Morgan fingerprint density at radius 3 is 2.16 bits per heavy atom. The molecule has 1 aliphatic heterocycles. The molecule has 0 radical (unpaired) electrons. The zero-order valence-corrected chi connectivity index (χ0v) is 17.6. The summed E-state index contributed by atoms with van der Waals surface area (Å²) >= 11 is 0. The van der Waals surface area contributed by atoms with Crippen LogP contribution in [0.25, 0.3) is 0 Å². The van der Waals surface area contributed by atoms with E-state index in [1.165, 1.54) is 6.42 Å². The van der Waals surface area contributed by atoms with Crippen LogP contribution in [0.3, 0.4) is 0 Å². The van der Waals surface area contributed by atoms with Gasteiger partial charge in [0.15, 0.2) is 23.6 Å². The first kappa shape index (κ1) is 24.7. The minimum absolute atomic E-state index is 0.0000905. The maximum atomic E-state index is 14.5. The predicted molar refractivity (Wildman–Crippen MR) is 102 cm³/mol. The van der Waals surface area contributed by atoms with Gasteiger partial charge in [-0.25, -0.2) is 8.78 Å². The summed E-state index contributed by atoms with van der Waals surface area (Å²) in [6, 6.07) is 0.799. The maximum absolute atomic E-state index is 14.5. The summed E-state index contributed by atoms with van der Waals surface area (Å²) in [4.78, 5) is 0. The predicted octanol–water partition coefficient (Wildman–Crippen LogP) is 6.65. The molecular formula is C22H26F6O4. The number of hydrogen-bond acceptors (Lipinski definition) is 4. The molecule has 1 saturated carbocycles. The van der Waals surface area contributed by atoms with Crippen molar-refractivity contribution in [3.8, 4) is 11.5 Å². The lowest BCUT2D eigenvalue weighted by molar-refractivity contribution is -0.354. The van der Waals surface area contributed by atoms with Crippen molar-refractivity contribution >= 4 is 0 Å². The number of benzene rings is 1. The van der Waals surface area contributed by atoms with Crippen LogP contribution in [0.15, 0.2) is 24.5 Å². The SMILES string of the molecule is CCCC1CCC(C2COC(C(F)(F)Oc3cc(F)c(OC=C(F)F)c(F)c3)OC2)CC1. The van der Waals surface area contributed by atoms with Crippen LogP contribution >= 0.6 is 0 Å². The van der Waals surface area contributed by atoms with Gasteiger partial charge < -0.3 is 18.9 Å². The zero-order valence-electron chi connectivity index (χ0n) is 17.6. The van der Waals surface area contributed by atoms with Crippen LogP contribution < -0.4 is 9.47 Å². The summed E-state index contributed by atoms with van der Waals surface area (Å²) in [5.41, 5.74) is 0. The first-order valence-corrected chi connectivity index (χ1v) is 10.7. The van der Waals surface area contributed by atoms with Gasteiger partial charge in [0, 0.05) is 18.1 Å². The van der Waals surface area contributed by atoms with Crippen molar-refractivity contribution in [1.29, 1.82) is 0 Å². The van der Waals surface area contributed by atoms with E-state index in [4.69, 9.17) is 9.47 Å². The van der Waals surface area contributed by atoms with Crippen LogP contribution in [0, 0.1) is 29.4 Å². The average molecular weight is 468 g/mol. The first-order valence-electron chi connectivity index (χ1n) is 10.7. The van der Waals surface area contributed by atoms with Crippen LogP contribution in [0.1, 0.15) is 45.4 Å². The van der Waals surface area contributed by atoms with Gasteiger partial charge in [-0.1, -0.05) is 32.6 Å². The molecule has 1 aromatic carbocycles. The standard InChI is InChI=1S/C22H26F6O4/c1-2-3-13-4-6-14(7-5-13)15-10-30-21(31-11-15)22(27,28)32-16-8-17(23)20(18(24)9-16)29-12-19(25)26/h8-9,12-15,21H,2-7,10-11H2,1H3. The highest BCUT2D eigenvalue weighted by atomic mass is 19.3. The van der Waals surface area contributed by atoms with E-state index in [0.717, 1.165) is 38.0 Å². The lowest BCUT2D eigenvalue weighted by Gasteiger charge is -2.39. The Hall–Kier alpha value is -1.94. The monoisotopic (exact) mass is 468 g/mol. The Labute approximate surface area is 182 Å². The summed E-state index contributed by atoms with van der Waals surface area (Å²) in [5.74, 6) is -3.95. The van der Waals surface area contributed by atoms with E-state index in [1.807, 2.05) is 0 Å². The zero-order chi connectivity index (χ0) is 23.3. The molecule has 2 aliphatic rings. The van der Waals surface area contributed by atoms with Gasteiger partial charge in [0.2, 0.25) is 0 Å². The molecule has 1 saturated heterocycles. The van der Waals surface area contributed by atoms with Gasteiger partial charge in [0.05, 0.1) is 13.2 Å². The van der Waals surface area contributed by atoms with E-state index in [0.29, 0.717) is 18.1 Å². The molecule has 3 rings (SSSR count). The second-order valence-corrected chi connectivity index (χ2v) is 8.23. The minimum atomic E-state index is -4.03. The summed E-state index contributed by atoms with van der Waals surface area (Å²) in [5, 5.41) is 0. The van der Waals surface area contributed by atoms with Crippen molar-refractivity contribution in [2.75, 3.05) is 13.2 Å². The van der Waals surface area contributed by atoms with Gasteiger partial charge in [-0.05, 0) is 24.7 Å². The topological polar surface area (TPSA) is 36.9 Å². The van der Waals surface area contributed by atoms with Crippen molar-refractivity contribution in [2.45, 2.75) is 57.8 Å². The highest BCUT2D eigenvalue weighted by Gasteiger charge is 2.48. The Bertz CT molecular complexity index is 760. The van der Waals surface area contributed by atoms with E-state index in [1.54, 1.807) is 0 Å². The number of rotatable bonds is 8. The van der Waals surface area contributed by atoms with Crippen molar-refractivity contribution in [1.82, 2.24) is 0 Å². The van der Waals surface area contributed by atoms with Gasteiger partial charge in [0.1, 0.15) is 5.75 Å². The molecule has 0 atom stereocenters. The Balaban J connectivity index is 1.55. The third-order valence-corrected chi connectivity index (χ3v) is 5.94. The van der Waals surface area contributed by atoms with Gasteiger partial charge >= 0.3 is 12.2 Å². The van der Waals surface area contributed by atoms with Crippen LogP contribution in [-0.2, 0) is 9.47 Å². The van der Waals surface area contributed by atoms with Gasteiger partial charge in [0.25, 0.3) is 6.29 Å². The van der Waals surface area contributed by atoms with Crippen LogP contribution in [0.5, 0.6) is 11.5 Å². The molecule has 1 heterocycles. The average Bonchev–Trinajstić information content (AvgIpc) is 2.73. The summed E-state index contributed by atoms with van der Waals surface area (Å²) in [7, 11) is 0. The Morgan fingerprint density at radius 1 is 1.03 bits per heavy atom. The first-order chi connectivity index (χ1) is 15.2. The molecule has 0 bridgehead atoms. The molecule has 1 aromatic rings. The number of hydrogen-bond donors (Lipinski definition) is 0. The lowest BCUT2D eigenvalue weighted by atomic mass is 9.75. The third-order valence-electron chi connectivity index (χ3n) is 5.94. The minimum Gasteiger partial charge on any atom is -0.453 e. The van der Waals surface area contributed by atoms with Gasteiger partial charge in [-0.2, -0.15) is 17.6 Å². The molecule has 0 unspecified atom stereocenters. The highest BCUT2D eigenvalue weighted by Crippen LogP contribution is 2.39. The van der Waals surface area contributed by atoms with Crippen molar-refractivity contribution in [3.63, 3.8) is 0 Å². The molecule has 0 spiro atoms. The Kier molecular flexibility index (Phi) is 8.32. The fourth-order valence-electron chi connectivity index (χ4n) is 4.36. The largest absolute Gasteiger partial charge is 0.453 e. The summed E-state index contributed by atoms with van der Waals surface area (Å²) in [6.45, 7) is 2.31. The van der Waals surface area contributed by atoms with Gasteiger partial charge in [-0.3, -0.25) is 0 Å². The highest BCUT2D eigenvalue weighted by molar-refractivity contribution is 5.35. The third kappa shape index (κ3) is 6.31. The smallest absolute Gasteiger partial charge is 0.451 e. The molecule has 4 nitrogen and oxygen atoms in total. The molecular weight excluding hydrogens is 442 g/mol. The van der Waals surface area contributed by atoms with Crippen LogP contribution in [-0.4, -0.2) is 25.6 Å². The van der Waals surface area contributed by atoms with Crippen molar-refractivity contribution < 1.29 is 45.3 Å². The summed E-state index contributed by atoms with van der Waals surface area (Å²) < 4.78 is 99.7. The van der Waals surface area contributed by atoms with E-state index in [9.17, 15) is 26.3 Å². The van der Waals surface area contributed by atoms with E-state index >= 15 is 0 Å². The normalized spacial score (nSPS) is 26.5. The quantitative estimate of drug-likeness (QED) is 0.316. The van der Waals surface area contributed by atoms with Crippen LogP contribution in [0.4, 0.5) is 26.3 Å². The molecule has 180 valence electrons. The summed E-state index contributed by atoms with van der Waals surface area (Å²) in [6.07, 6.45) is -1.97. The molecule has 10 heteroatoms. The molecule has 0 aromatic heterocycles. The molecule has 2 fully saturated rings. The second-order valence-electron chi connectivity index (χ2n) is 8.23. The second kappa shape index (κ2) is 10.8. The molecule has 0 amide bonds. The molecule has 1 aliphatic carbocycles. The van der Waals surface area contributed by atoms with E-state index in [-0.39, 0.29) is 25.4 Å². The van der Waals surface area contributed by atoms with Crippen LogP contribution in [0.2, 0.25) is 0 Å². The fourth-order valence-corrected chi connectivity index (χ4v) is 4.36. The molecule has 32 heavy (non-hydrogen) atoms. The fraction of sp³-hybridized carbons (Fsp3) is 0.636. The number of ether oxygens (including phenoxy) is 4. The maximum Gasteiger partial charge on any atom is 0.451 e. The number of halogens is 6.